The van der Waals surface area contributed by atoms with E-state index < -0.39 is 0 Å². The van der Waals surface area contributed by atoms with Crippen LogP contribution in [0.25, 0.3) is 10.9 Å². The van der Waals surface area contributed by atoms with Crippen LogP contribution in [-0.2, 0) is 16.6 Å². The number of carbonyl (C=O) groups excluding carboxylic acids is 1. The molecule has 1 fully saturated rings. The Morgan fingerprint density at radius 2 is 2.17 bits per heavy atom. The molecule has 1 saturated heterocycles. The molecular weight excluding hydrogens is 288 g/mol. The van der Waals surface area contributed by atoms with Crippen molar-refractivity contribution in [2.45, 2.75) is 31.7 Å². The summed E-state index contributed by atoms with van der Waals surface area (Å²) in [6.45, 7) is 3.21. The lowest BCUT2D eigenvalue weighted by atomic mass is 9.66. The van der Waals surface area contributed by atoms with E-state index in [9.17, 15) is 4.79 Å². The Bertz CT molecular complexity index is 764. The molecule has 1 aliphatic heterocycles. The monoisotopic (exact) mass is 312 g/mol. The lowest BCUT2D eigenvalue weighted by Gasteiger charge is -2.44. The minimum Gasteiger partial charge on any atom is -0.469 e. The summed E-state index contributed by atoms with van der Waals surface area (Å²) in [6.07, 6.45) is 2.12. The number of rotatable bonds is 2. The maximum atomic E-state index is 12.7. The zero-order valence-corrected chi connectivity index (χ0v) is 14.0. The molecule has 0 amide bonds. The van der Waals surface area contributed by atoms with Crippen LogP contribution in [0.2, 0.25) is 0 Å². The average Bonchev–Trinajstić information content (AvgIpc) is 2.89. The molecule has 1 aliphatic carbocycles. The molecule has 1 N–H and O–H groups in total. The van der Waals surface area contributed by atoms with E-state index in [1.807, 2.05) is 0 Å². The van der Waals surface area contributed by atoms with Crippen LogP contribution in [0.15, 0.2) is 24.3 Å². The van der Waals surface area contributed by atoms with E-state index in [1.165, 1.54) is 29.3 Å². The summed E-state index contributed by atoms with van der Waals surface area (Å²) in [5.74, 6) is 0.690. The third-order valence-corrected chi connectivity index (χ3v) is 5.98. The van der Waals surface area contributed by atoms with Crippen LogP contribution >= 0.6 is 0 Å². The number of fused-ring (bicyclic) bond motifs is 6. The summed E-state index contributed by atoms with van der Waals surface area (Å²) in [4.78, 5) is 12.7. The van der Waals surface area contributed by atoms with Gasteiger partial charge in [-0.3, -0.25) is 4.79 Å². The Balaban J connectivity index is 1.99. The number of para-hydroxylation sites is 1. The topological polar surface area (TPSA) is 43.3 Å². The first-order chi connectivity index (χ1) is 11.2. The lowest BCUT2D eigenvalue weighted by molar-refractivity contribution is -0.145. The number of aryl methyl sites for hydroxylation is 1. The number of ether oxygens (including phenoxy) is 1. The van der Waals surface area contributed by atoms with Gasteiger partial charge in [0.1, 0.15) is 0 Å². The third-order valence-electron chi connectivity index (χ3n) is 5.98. The van der Waals surface area contributed by atoms with Gasteiger partial charge in [-0.05, 0) is 36.4 Å². The molecule has 23 heavy (non-hydrogen) atoms. The number of benzene rings is 1. The van der Waals surface area contributed by atoms with Crippen molar-refractivity contribution in [3.8, 4) is 0 Å². The van der Waals surface area contributed by atoms with Crippen LogP contribution in [0.1, 0.15) is 43.0 Å². The minimum absolute atomic E-state index is 0.0774. The van der Waals surface area contributed by atoms with E-state index in [0.29, 0.717) is 17.9 Å². The molecule has 1 aromatic carbocycles. The van der Waals surface area contributed by atoms with Gasteiger partial charge in [-0.2, -0.15) is 0 Å². The predicted molar refractivity (Wildman–Crippen MR) is 90.3 cm³/mol. The standard InChI is InChI=1S/C19H24N2O2/c1-4-11-10-20-14-9-13(11)17(19(22)23-3)16-12-7-5-6-8-15(12)21(2)18(14)16/h5-8,11,13-14,17,20H,4,9-10H2,1-3H3/t11-,13+,14+,17+/m0/s1. The molecule has 0 spiro atoms. The minimum atomic E-state index is -0.135. The van der Waals surface area contributed by atoms with Crippen LogP contribution in [-0.4, -0.2) is 24.2 Å². The first kappa shape index (κ1) is 14.8. The largest absolute Gasteiger partial charge is 0.469 e. The molecule has 4 heteroatoms. The number of aromatic nitrogens is 1. The van der Waals surface area contributed by atoms with E-state index >= 15 is 0 Å². The van der Waals surface area contributed by atoms with Crippen LogP contribution < -0.4 is 5.32 Å². The zero-order chi connectivity index (χ0) is 16.1. The van der Waals surface area contributed by atoms with Crippen LogP contribution in [0.3, 0.4) is 0 Å². The highest BCUT2D eigenvalue weighted by molar-refractivity contribution is 5.92. The number of piperidine rings is 1. The lowest BCUT2D eigenvalue weighted by Crippen LogP contribution is -2.47. The summed E-state index contributed by atoms with van der Waals surface area (Å²) in [5, 5.41) is 4.92. The third kappa shape index (κ3) is 1.97. The van der Waals surface area contributed by atoms with Crippen molar-refractivity contribution in [2.24, 2.45) is 18.9 Å². The predicted octanol–water partition coefficient (Wildman–Crippen LogP) is 3.13. The quantitative estimate of drug-likeness (QED) is 0.867. The number of hydrogen-bond donors (Lipinski definition) is 1. The Hall–Kier alpha value is -1.81. The normalized spacial score (nSPS) is 29.3. The van der Waals surface area contributed by atoms with Gasteiger partial charge in [-0.15, -0.1) is 0 Å². The number of nitrogens with zero attached hydrogens (tertiary/aromatic N) is 1. The second-order valence-corrected chi connectivity index (χ2v) is 6.90. The van der Waals surface area contributed by atoms with Gasteiger partial charge in [0.15, 0.2) is 0 Å². The van der Waals surface area contributed by atoms with Crippen molar-refractivity contribution < 1.29 is 9.53 Å². The second-order valence-electron chi connectivity index (χ2n) is 6.90. The van der Waals surface area contributed by atoms with Crippen molar-refractivity contribution in [3.05, 3.63) is 35.5 Å². The molecule has 0 radical (unpaired) electrons. The van der Waals surface area contributed by atoms with Gasteiger partial charge >= 0.3 is 5.97 Å². The second kappa shape index (κ2) is 5.38. The highest BCUT2D eigenvalue weighted by Gasteiger charge is 2.47. The first-order valence-electron chi connectivity index (χ1n) is 8.55. The van der Waals surface area contributed by atoms with Gasteiger partial charge in [0.25, 0.3) is 0 Å². The summed E-state index contributed by atoms with van der Waals surface area (Å²) >= 11 is 0. The molecule has 122 valence electrons. The van der Waals surface area contributed by atoms with Crippen molar-refractivity contribution in [1.82, 2.24) is 9.88 Å². The fraction of sp³-hybridized carbons (Fsp3) is 0.526. The summed E-state index contributed by atoms with van der Waals surface area (Å²) in [6, 6.07) is 8.76. The van der Waals surface area contributed by atoms with Crippen LogP contribution in [0, 0.1) is 11.8 Å². The highest BCUT2D eigenvalue weighted by atomic mass is 16.5. The number of carbonyl (C=O) groups is 1. The average molecular weight is 312 g/mol. The Labute approximate surface area is 136 Å². The number of hydrogen-bond acceptors (Lipinski definition) is 3. The van der Waals surface area contributed by atoms with E-state index in [2.05, 4.69) is 48.1 Å². The maximum Gasteiger partial charge on any atom is 0.313 e. The van der Waals surface area contributed by atoms with Gasteiger partial charge < -0.3 is 14.6 Å². The van der Waals surface area contributed by atoms with E-state index in [4.69, 9.17) is 4.74 Å². The molecule has 0 unspecified atom stereocenters. The SMILES string of the molecule is CC[C@H]1CN[C@@H]2C[C@H]1[C@@H](C(=O)OC)c1c2n(C)c2ccccc12. The first-order valence-corrected chi connectivity index (χ1v) is 8.55. The fourth-order valence-corrected chi connectivity index (χ4v) is 4.88. The molecule has 4 nitrogen and oxygen atoms in total. The van der Waals surface area contributed by atoms with Crippen LogP contribution in [0.4, 0.5) is 0 Å². The summed E-state index contributed by atoms with van der Waals surface area (Å²) in [7, 11) is 3.63. The molecular formula is C19H24N2O2. The Morgan fingerprint density at radius 3 is 2.91 bits per heavy atom. The zero-order valence-electron chi connectivity index (χ0n) is 14.0. The van der Waals surface area contributed by atoms with Gasteiger partial charge in [0.2, 0.25) is 0 Å². The van der Waals surface area contributed by atoms with Crippen molar-refractivity contribution in [2.75, 3.05) is 13.7 Å². The number of nitrogens with one attached hydrogen (secondary N) is 1. The van der Waals surface area contributed by atoms with Gasteiger partial charge in [-0.25, -0.2) is 0 Å². The Morgan fingerprint density at radius 1 is 1.39 bits per heavy atom. The Kier molecular flexibility index (Phi) is 3.45. The molecule has 2 bridgehead atoms. The molecule has 2 heterocycles. The number of esters is 1. The molecule has 1 aromatic heterocycles. The maximum absolute atomic E-state index is 12.7. The van der Waals surface area contributed by atoms with Gasteiger partial charge in [0, 0.05) is 29.7 Å². The fourth-order valence-electron chi connectivity index (χ4n) is 4.88. The summed E-state index contributed by atoms with van der Waals surface area (Å²) < 4.78 is 7.49. The van der Waals surface area contributed by atoms with E-state index in [0.717, 1.165) is 19.4 Å². The van der Waals surface area contributed by atoms with E-state index in [-0.39, 0.29) is 11.9 Å². The smallest absolute Gasteiger partial charge is 0.313 e. The highest BCUT2D eigenvalue weighted by Crippen LogP contribution is 2.51. The molecule has 0 saturated carbocycles. The number of methoxy groups -OCH3 is 1. The summed E-state index contributed by atoms with van der Waals surface area (Å²) in [5.41, 5.74) is 3.67. The van der Waals surface area contributed by atoms with E-state index in [1.54, 1.807) is 0 Å². The van der Waals surface area contributed by atoms with Gasteiger partial charge in [-0.1, -0.05) is 31.5 Å². The molecule has 4 rings (SSSR count). The molecule has 2 aromatic rings. The van der Waals surface area contributed by atoms with Crippen molar-refractivity contribution in [3.63, 3.8) is 0 Å². The van der Waals surface area contributed by atoms with Gasteiger partial charge in [0.05, 0.1) is 13.0 Å². The van der Waals surface area contributed by atoms with Crippen molar-refractivity contribution in [1.29, 1.82) is 0 Å². The molecule has 2 aliphatic rings. The van der Waals surface area contributed by atoms with Crippen LogP contribution in [0.5, 0.6) is 0 Å². The molecule has 4 atom stereocenters. The van der Waals surface area contributed by atoms with Crippen molar-refractivity contribution >= 4 is 16.9 Å².